The van der Waals surface area contributed by atoms with E-state index in [1.807, 2.05) is 0 Å². The highest BCUT2D eigenvalue weighted by Gasteiger charge is 2.27. The van der Waals surface area contributed by atoms with Gasteiger partial charge >= 0.3 is 5.97 Å². The molecule has 0 aromatic heterocycles. The predicted molar refractivity (Wildman–Crippen MR) is 50.6 cm³/mol. The summed E-state index contributed by atoms with van der Waals surface area (Å²) >= 11 is 0. The van der Waals surface area contributed by atoms with Crippen LogP contribution in [0, 0.1) is 5.92 Å². The van der Waals surface area contributed by atoms with Crippen molar-refractivity contribution in [3.63, 3.8) is 0 Å². The number of carbonyl (C=O) groups is 2. The Hall–Kier alpha value is -1.10. The van der Waals surface area contributed by atoms with Crippen molar-refractivity contribution in [1.29, 1.82) is 0 Å². The molecule has 1 amide bonds. The summed E-state index contributed by atoms with van der Waals surface area (Å²) in [6.07, 6.45) is 0. The second kappa shape index (κ2) is 4.95. The van der Waals surface area contributed by atoms with Crippen molar-refractivity contribution in [3.8, 4) is 0 Å². The van der Waals surface area contributed by atoms with Gasteiger partial charge in [-0.05, 0) is 13.8 Å². The van der Waals surface area contributed by atoms with Crippen LogP contribution in [0.25, 0.3) is 0 Å². The molecule has 2 N–H and O–H groups in total. The van der Waals surface area contributed by atoms with Crippen molar-refractivity contribution in [2.75, 3.05) is 19.7 Å². The largest absolute Gasteiger partial charge is 0.464 e. The maximum Gasteiger partial charge on any atom is 0.328 e. The fraction of sp³-hybridized carbons (Fsp3) is 0.778. The molecule has 1 saturated heterocycles. The molecule has 1 unspecified atom stereocenters. The van der Waals surface area contributed by atoms with Crippen molar-refractivity contribution in [2.45, 2.75) is 19.9 Å². The van der Waals surface area contributed by atoms with Crippen molar-refractivity contribution >= 4 is 11.9 Å². The second-order valence-corrected chi connectivity index (χ2v) is 3.34. The summed E-state index contributed by atoms with van der Waals surface area (Å²) in [5.41, 5.74) is 0. The van der Waals surface area contributed by atoms with Crippen LogP contribution in [0.4, 0.5) is 0 Å². The lowest BCUT2D eigenvalue weighted by molar-refractivity contribution is -0.147. The monoisotopic (exact) mass is 200 g/mol. The van der Waals surface area contributed by atoms with Crippen LogP contribution in [-0.2, 0) is 14.3 Å². The topological polar surface area (TPSA) is 67.4 Å². The third-order valence-electron chi connectivity index (χ3n) is 2.15. The van der Waals surface area contributed by atoms with E-state index in [4.69, 9.17) is 4.74 Å². The average molecular weight is 200 g/mol. The first-order valence-electron chi connectivity index (χ1n) is 4.83. The summed E-state index contributed by atoms with van der Waals surface area (Å²) in [5, 5.41) is 5.61. The first-order chi connectivity index (χ1) is 6.65. The van der Waals surface area contributed by atoms with Crippen LogP contribution in [-0.4, -0.2) is 37.6 Å². The van der Waals surface area contributed by atoms with Gasteiger partial charge in [-0.25, -0.2) is 4.79 Å². The van der Waals surface area contributed by atoms with Crippen LogP contribution in [0.15, 0.2) is 0 Å². The number of rotatable bonds is 4. The third-order valence-corrected chi connectivity index (χ3v) is 2.15. The molecule has 1 fully saturated rings. The van der Waals surface area contributed by atoms with E-state index in [0.717, 1.165) is 0 Å². The van der Waals surface area contributed by atoms with Gasteiger partial charge in [0.2, 0.25) is 5.91 Å². The van der Waals surface area contributed by atoms with E-state index in [2.05, 4.69) is 10.6 Å². The van der Waals surface area contributed by atoms with Gasteiger partial charge in [0.15, 0.2) is 0 Å². The van der Waals surface area contributed by atoms with Gasteiger partial charge in [-0.15, -0.1) is 0 Å². The van der Waals surface area contributed by atoms with Crippen molar-refractivity contribution in [1.82, 2.24) is 10.6 Å². The van der Waals surface area contributed by atoms with Gasteiger partial charge in [0.25, 0.3) is 0 Å². The van der Waals surface area contributed by atoms with Gasteiger partial charge < -0.3 is 15.4 Å². The number of nitrogens with one attached hydrogen (secondary N) is 2. The Balaban J connectivity index is 2.27. The van der Waals surface area contributed by atoms with E-state index < -0.39 is 6.04 Å². The minimum atomic E-state index is -0.553. The molecule has 1 aliphatic rings. The minimum absolute atomic E-state index is 0.00637. The molecule has 0 spiro atoms. The molecular formula is C9H16N2O3. The average Bonchev–Trinajstić information content (AvgIpc) is 2.00. The lowest BCUT2D eigenvalue weighted by Crippen LogP contribution is -2.53. The molecule has 80 valence electrons. The Morgan fingerprint density at radius 3 is 2.64 bits per heavy atom. The summed E-state index contributed by atoms with van der Waals surface area (Å²) in [6.45, 7) is 5.09. The SMILES string of the molecule is CCOC(=O)C(C)NC(=O)C1CNC1. The number of hydrogen-bond acceptors (Lipinski definition) is 4. The van der Waals surface area contributed by atoms with Crippen molar-refractivity contribution in [3.05, 3.63) is 0 Å². The maximum atomic E-state index is 11.4. The molecule has 0 aromatic carbocycles. The molecule has 0 aromatic rings. The summed E-state index contributed by atoms with van der Waals surface area (Å²) in [7, 11) is 0. The van der Waals surface area contributed by atoms with E-state index in [0.29, 0.717) is 19.7 Å². The Bertz CT molecular complexity index is 226. The summed E-state index contributed by atoms with van der Waals surface area (Å²) < 4.78 is 4.77. The summed E-state index contributed by atoms with van der Waals surface area (Å²) in [6, 6.07) is -0.553. The maximum absolute atomic E-state index is 11.4. The Kier molecular flexibility index (Phi) is 3.88. The van der Waals surface area contributed by atoms with Crippen LogP contribution in [0.2, 0.25) is 0 Å². The van der Waals surface area contributed by atoms with Crippen LogP contribution in [0.1, 0.15) is 13.8 Å². The molecule has 1 aliphatic heterocycles. The van der Waals surface area contributed by atoms with Gasteiger partial charge in [-0.3, -0.25) is 4.79 Å². The van der Waals surface area contributed by atoms with E-state index in [1.54, 1.807) is 13.8 Å². The minimum Gasteiger partial charge on any atom is -0.464 e. The first-order valence-corrected chi connectivity index (χ1v) is 4.83. The molecule has 14 heavy (non-hydrogen) atoms. The number of amides is 1. The fourth-order valence-corrected chi connectivity index (χ4v) is 1.13. The summed E-state index contributed by atoms with van der Waals surface area (Å²) in [5.74, 6) is -0.454. The number of hydrogen-bond donors (Lipinski definition) is 2. The second-order valence-electron chi connectivity index (χ2n) is 3.34. The lowest BCUT2D eigenvalue weighted by atomic mass is 10.0. The zero-order valence-electron chi connectivity index (χ0n) is 8.50. The zero-order chi connectivity index (χ0) is 10.6. The van der Waals surface area contributed by atoms with Gasteiger partial charge in [0.05, 0.1) is 12.5 Å². The Morgan fingerprint density at radius 2 is 2.21 bits per heavy atom. The van der Waals surface area contributed by atoms with Crippen LogP contribution in [0.3, 0.4) is 0 Å². The zero-order valence-corrected chi connectivity index (χ0v) is 8.50. The van der Waals surface area contributed by atoms with Gasteiger partial charge in [-0.1, -0.05) is 0 Å². The molecular weight excluding hydrogens is 184 g/mol. The smallest absolute Gasteiger partial charge is 0.328 e. The normalized spacial score (nSPS) is 18.1. The quantitative estimate of drug-likeness (QED) is 0.587. The first kappa shape index (κ1) is 11.0. The highest BCUT2D eigenvalue weighted by Crippen LogP contribution is 2.03. The van der Waals surface area contributed by atoms with E-state index in [1.165, 1.54) is 0 Å². The Labute approximate surface area is 83.2 Å². The number of esters is 1. The molecule has 1 heterocycles. The van der Waals surface area contributed by atoms with Gasteiger partial charge in [-0.2, -0.15) is 0 Å². The van der Waals surface area contributed by atoms with Crippen LogP contribution in [0.5, 0.6) is 0 Å². The molecule has 0 saturated carbocycles. The number of ether oxygens (including phenoxy) is 1. The fourth-order valence-electron chi connectivity index (χ4n) is 1.13. The van der Waals surface area contributed by atoms with Crippen LogP contribution < -0.4 is 10.6 Å². The summed E-state index contributed by atoms with van der Waals surface area (Å²) in [4.78, 5) is 22.5. The predicted octanol–water partition coefficient (Wildman–Crippen LogP) is -0.726. The number of carbonyl (C=O) groups excluding carboxylic acids is 2. The van der Waals surface area contributed by atoms with Crippen molar-refractivity contribution < 1.29 is 14.3 Å². The Morgan fingerprint density at radius 1 is 1.57 bits per heavy atom. The molecule has 0 radical (unpaired) electrons. The molecule has 5 heteroatoms. The lowest BCUT2D eigenvalue weighted by Gasteiger charge is -2.26. The molecule has 0 bridgehead atoms. The molecule has 1 atom stereocenters. The van der Waals surface area contributed by atoms with Crippen LogP contribution >= 0.6 is 0 Å². The molecule has 0 aliphatic carbocycles. The standard InChI is InChI=1S/C9H16N2O3/c1-3-14-9(13)6(2)11-8(12)7-4-10-5-7/h6-7,10H,3-5H2,1-2H3,(H,11,12). The third kappa shape index (κ3) is 2.70. The van der Waals surface area contributed by atoms with E-state index in [-0.39, 0.29) is 17.8 Å². The molecule has 1 rings (SSSR count). The van der Waals surface area contributed by atoms with Crippen molar-refractivity contribution in [2.24, 2.45) is 5.92 Å². The van der Waals surface area contributed by atoms with Gasteiger partial charge in [0, 0.05) is 13.1 Å². The highest BCUT2D eigenvalue weighted by molar-refractivity contribution is 5.86. The highest BCUT2D eigenvalue weighted by atomic mass is 16.5. The van der Waals surface area contributed by atoms with Gasteiger partial charge in [0.1, 0.15) is 6.04 Å². The molecule has 5 nitrogen and oxygen atoms in total. The van der Waals surface area contributed by atoms with E-state index >= 15 is 0 Å². The van der Waals surface area contributed by atoms with E-state index in [9.17, 15) is 9.59 Å².